The number of pyridine rings is 1. The summed E-state index contributed by atoms with van der Waals surface area (Å²) in [5.41, 5.74) is 3.31. The number of benzene rings is 2. The van der Waals surface area contributed by atoms with Crippen LogP contribution in [0.3, 0.4) is 0 Å². The number of fused-ring (bicyclic) bond motifs is 1. The molecule has 2 aromatic carbocycles. The number of ketones is 1. The Labute approximate surface area is 267 Å². The lowest BCUT2D eigenvalue weighted by Gasteiger charge is -2.23. The van der Waals surface area contributed by atoms with Crippen LogP contribution in [0.5, 0.6) is 5.75 Å². The number of aliphatic hydroxyl groups excluding tert-OH is 1. The van der Waals surface area contributed by atoms with Gasteiger partial charge in [-0.1, -0.05) is 72.8 Å². The summed E-state index contributed by atoms with van der Waals surface area (Å²) in [6, 6.07) is 16.4. The van der Waals surface area contributed by atoms with E-state index >= 15 is 0 Å². The number of ether oxygens (including phenoxy) is 1. The predicted molar refractivity (Wildman–Crippen MR) is 172 cm³/mol. The van der Waals surface area contributed by atoms with E-state index in [4.69, 9.17) is 4.74 Å². The zero-order chi connectivity index (χ0) is 31.7. The molecule has 12 heteroatoms. The number of anilines is 1. The van der Waals surface area contributed by atoms with Gasteiger partial charge in [-0.3, -0.25) is 14.5 Å². The number of thioether (sulfide) groups is 1. The third kappa shape index (κ3) is 5.83. The number of hydrogen-bond donors (Lipinski definition) is 1. The minimum atomic E-state index is -1.03. The first-order chi connectivity index (χ1) is 21.8. The molecule has 1 aliphatic rings. The van der Waals surface area contributed by atoms with Gasteiger partial charge in [0.15, 0.2) is 10.1 Å². The molecule has 1 N–H and O–H groups in total. The standard InChI is InChI=1S/C33H30FN5O4S2/c1-4-5-16-43-23-13-8-12-21(17-23)27-25(28(40)26-20(3)38-15-9-10-19(2)30(38)35-26)29(41)31(42)39(27)32-36-37-33(45-32)44-18-22-11-6-7-14-24(22)34/h6-15,17,27,40H,4-5,16,18H2,1-3H3/b28-25+. The Morgan fingerprint density at radius 3 is 2.69 bits per heavy atom. The van der Waals surface area contributed by atoms with Crippen molar-refractivity contribution in [2.24, 2.45) is 0 Å². The molecule has 1 saturated heterocycles. The molecule has 1 aliphatic heterocycles. The summed E-state index contributed by atoms with van der Waals surface area (Å²) < 4.78 is 22.5. The summed E-state index contributed by atoms with van der Waals surface area (Å²) in [5.74, 6) is -1.52. The molecular weight excluding hydrogens is 614 g/mol. The first-order valence-electron chi connectivity index (χ1n) is 14.5. The maximum atomic E-state index is 14.2. The van der Waals surface area contributed by atoms with Gasteiger partial charge in [0, 0.05) is 11.9 Å². The second kappa shape index (κ2) is 12.8. The first-order valence-corrected chi connectivity index (χ1v) is 16.3. The Morgan fingerprint density at radius 1 is 1.09 bits per heavy atom. The minimum Gasteiger partial charge on any atom is -0.505 e. The highest BCUT2D eigenvalue weighted by Crippen LogP contribution is 2.45. The fraction of sp³-hybridized carbons (Fsp3) is 0.242. The van der Waals surface area contributed by atoms with Crippen LogP contribution in [-0.4, -0.2) is 43.0 Å². The molecule has 45 heavy (non-hydrogen) atoms. The number of Topliss-reactive ketones (excluding diaryl/α,β-unsaturated/α-hetero) is 1. The third-order valence-corrected chi connectivity index (χ3v) is 9.71. The van der Waals surface area contributed by atoms with Gasteiger partial charge in [-0.25, -0.2) is 9.37 Å². The van der Waals surface area contributed by atoms with E-state index in [9.17, 15) is 19.1 Å². The fourth-order valence-electron chi connectivity index (χ4n) is 5.24. The molecule has 1 unspecified atom stereocenters. The number of aryl methyl sites for hydroxylation is 2. The van der Waals surface area contributed by atoms with Crippen LogP contribution in [0.4, 0.5) is 9.52 Å². The number of aliphatic hydroxyl groups is 1. The van der Waals surface area contributed by atoms with E-state index in [1.807, 2.05) is 35.7 Å². The Balaban J connectivity index is 1.44. The van der Waals surface area contributed by atoms with Crippen LogP contribution in [0.1, 0.15) is 53.9 Å². The Kier molecular flexibility index (Phi) is 8.68. The summed E-state index contributed by atoms with van der Waals surface area (Å²) in [7, 11) is 0. The lowest BCUT2D eigenvalue weighted by molar-refractivity contribution is -0.132. The van der Waals surface area contributed by atoms with Crippen LogP contribution in [0.2, 0.25) is 0 Å². The summed E-state index contributed by atoms with van der Waals surface area (Å²) in [5, 5.41) is 20.4. The molecule has 230 valence electrons. The molecule has 9 nitrogen and oxygen atoms in total. The maximum Gasteiger partial charge on any atom is 0.301 e. The van der Waals surface area contributed by atoms with Crippen molar-refractivity contribution in [1.82, 2.24) is 19.6 Å². The monoisotopic (exact) mass is 643 g/mol. The van der Waals surface area contributed by atoms with Crippen molar-refractivity contribution >= 4 is 51.3 Å². The Morgan fingerprint density at radius 2 is 1.91 bits per heavy atom. The zero-order valence-corrected chi connectivity index (χ0v) is 26.5. The third-order valence-electron chi connectivity index (χ3n) is 7.60. The average molecular weight is 644 g/mol. The van der Waals surface area contributed by atoms with Crippen LogP contribution in [0.25, 0.3) is 11.4 Å². The molecule has 4 heterocycles. The molecule has 6 rings (SSSR count). The van der Waals surface area contributed by atoms with E-state index in [0.717, 1.165) is 29.7 Å². The van der Waals surface area contributed by atoms with Gasteiger partial charge < -0.3 is 14.2 Å². The summed E-state index contributed by atoms with van der Waals surface area (Å²) in [6.07, 6.45) is 3.66. The van der Waals surface area contributed by atoms with Crippen molar-refractivity contribution in [1.29, 1.82) is 0 Å². The molecule has 0 aliphatic carbocycles. The second-order valence-corrected chi connectivity index (χ2v) is 12.8. The number of aromatic nitrogens is 4. The molecule has 0 bridgehead atoms. The molecule has 1 fully saturated rings. The molecule has 1 atom stereocenters. The number of rotatable bonds is 10. The van der Waals surface area contributed by atoms with E-state index in [0.29, 0.717) is 44.9 Å². The number of imidazole rings is 1. The number of carbonyl (C=O) groups excluding carboxylic acids is 2. The van der Waals surface area contributed by atoms with E-state index < -0.39 is 17.7 Å². The van der Waals surface area contributed by atoms with Crippen LogP contribution >= 0.6 is 23.1 Å². The van der Waals surface area contributed by atoms with Crippen molar-refractivity contribution in [2.45, 2.75) is 49.7 Å². The highest BCUT2D eigenvalue weighted by Gasteiger charge is 2.49. The number of amides is 1. The number of unbranched alkanes of at least 4 members (excludes halogenated alkanes) is 1. The van der Waals surface area contributed by atoms with E-state index in [2.05, 4.69) is 22.1 Å². The lowest BCUT2D eigenvalue weighted by atomic mass is 9.96. The normalized spacial score (nSPS) is 16.2. The summed E-state index contributed by atoms with van der Waals surface area (Å²) >= 11 is 2.39. The number of carbonyl (C=O) groups is 2. The van der Waals surface area contributed by atoms with Crippen LogP contribution < -0.4 is 9.64 Å². The van der Waals surface area contributed by atoms with Gasteiger partial charge in [-0.15, -0.1) is 10.2 Å². The van der Waals surface area contributed by atoms with Gasteiger partial charge >= 0.3 is 5.91 Å². The van der Waals surface area contributed by atoms with Crippen molar-refractivity contribution in [2.75, 3.05) is 11.5 Å². The van der Waals surface area contributed by atoms with Crippen LogP contribution in [0, 0.1) is 19.7 Å². The molecule has 5 aromatic rings. The van der Waals surface area contributed by atoms with Gasteiger partial charge in [0.25, 0.3) is 5.78 Å². The van der Waals surface area contributed by atoms with Crippen molar-refractivity contribution in [3.8, 4) is 5.75 Å². The van der Waals surface area contributed by atoms with E-state index in [1.165, 1.54) is 22.7 Å². The van der Waals surface area contributed by atoms with Crippen molar-refractivity contribution in [3.05, 3.63) is 106 Å². The molecule has 3 aromatic heterocycles. The van der Waals surface area contributed by atoms with Crippen LogP contribution in [-0.2, 0) is 15.3 Å². The number of halogens is 1. The fourth-order valence-corrected chi connectivity index (χ4v) is 7.10. The number of hydrogen-bond acceptors (Lipinski definition) is 9. The second-order valence-electron chi connectivity index (χ2n) is 10.6. The van der Waals surface area contributed by atoms with Gasteiger partial charge in [0.05, 0.1) is 23.9 Å². The topological polar surface area (TPSA) is 110 Å². The SMILES string of the molecule is CCCCOc1cccc(C2/C(=C(\O)c3nc4c(C)cccn4c3C)C(=O)C(=O)N2c2nnc(SCc3ccccc3F)s2)c1. The predicted octanol–water partition coefficient (Wildman–Crippen LogP) is 7.04. The van der Waals surface area contributed by atoms with Gasteiger partial charge in [-0.05, 0) is 61.2 Å². The smallest absolute Gasteiger partial charge is 0.301 e. The molecule has 0 radical (unpaired) electrons. The van der Waals surface area contributed by atoms with E-state index in [1.54, 1.807) is 43.3 Å². The number of nitrogens with zero attached hydrogens (tertiary/aromatic N) is 5. The maximum absolute atomic E-state index is 14.2. The van der Waals surface area contributed by atoms with Gasteiger partial charge in [-0.2, -0.15) is 0 Å². The quantitative estimate of drug-likeness (QED) is 0.0431. The van der Waals surface area contributed by atoms with Crippen LogP contribution in [0.15, 0.2) is 76.8 Å². The summed E-state index contributed by atoms with van der Waals surface area (Å²) in [6.45, 7) is 6.29. The highest BCUT2D eigenvalue weighted by atomic mass is 32.2. The van der Waals surface area contributed by atoms with Gasteiger partial charge in [0.2, 0.25) is 5.13 Å². The first kappa shape index (κ1) is 30.5. The molecule has 0 spiro atoms. The Bertz CT molecular complexity index is 1950. The zero-order valence-electron chi connectivity index (χ0n) is 24.9. The summed E-state index contributed by atoms with van der Waals surface area (Å²) in [4.78, 5) is 33.4. The van der Waals surface area contributed by atoms with E-state index in [-0.39, 0.29) is 28.0 Å². The Hall–Kier alpha value is -4.55. The molecule has 1 amide bonds. The van der Waals surface area contributed by atoms with Gasteiger partial charge in [0.1, 0.15) is 22.9 Å². The largest absolute Gasteiger partial charge is 0.505 e. The molecular formula is C33H30FN5O4S2. The van der Waals surface area contributed by atoms with Crippen molar-refractivity contribution < 1.29 is 23.8 Å². The minimum absolute atomic E-state index is 0.106. The van der Waals surface area contributed by atoms with Crippen molar-refractivity contribution in [3.63, 3.8) is 0 Å². The lowest BCUT2D eigenvalue weighted by Crippen LogP contribution is -2.29. The average Bonchev–Trinajstić information content (AvgIpc) is 3.72. The molecule has 0 saturated carbocycles. The highest BCUT2D eigenvalue weighted by molar-refractivity contribution is 8.00.